The number of furan rings is 1. The van der Waals surface area contributed by atoms with Crippen molar-refractivity contribution in [3.05, 3.63) is 59.2 Å². The Kier molecular flexibility index (Phi) is 5.40. The Balaban J connectivity index is 1.88. The second-order valence-corrected chi connectivity index (χ2v) is 6.14. The Bertz CT molecular complexity index is 782. The molecule has 0 spiro atoms. The summed E-state index contributed by atoms with van der Waals surface area (Å²) >= 11 is 1.35. The fourth-order valence-corrected chi connectivity index (χ4v) is 3.22. The molecule has 3 aromatic rings. The summed E-state index contributed by atoms with van der Waals surface area (Å²) in [7, 11) is 1.68. The first-order chi connectivity index (χ1) is 11.8. The standard InChI is InChI=1S/C18H18N2O3S/c1-22-11-6-10-19-18-20-15(14-9-5-12-23-14)17(24-18)16(21)13-7-3-2-4-8-13/h2-5,7-9,12H,6,10-11H2,1H3,(H,19,20). The largest absolute Gasteiger partial charge is 0.463 e. The minimum Gasteiger partial charge on any atom is -0.463 e. The van der Waals surface area contributed by atoms with E-state index < -0.39 is 0 Å². The van der Waals surface area contributed by atoms with E-state index in [0.717, 1.165) is 13.0 Å². The highest BCUT2D eigenvalue weighted by molar-refractivity contribution is 7.18. The minimum atomic E-state index is -0.0514. The summed E-state index contributed by atoms with van der Waals surface area (Å²) in [6.07, 6.45) is 2.45. The van der Waals surface area contributed by atoms with E-state index in [9.17, 15) is 4.79 Å². The molecule has 0 aliphatic rings. The average molecular weight is 342 g/mol. The van der Waals surface area contributed by atoms with Crippen LogP contribution >= 0.6 is 11.3 Å². The van der Waals surface area contributed by atoms with Gasteiger partial charge in [-0.05, 0) is 18.6 Å². The number of nitrogens with one attached hydrogen (secondary N) is 1. The molecule has 0 saturated heterocycles. The van der Waals surface area contributed by atoms with Crippen LogP contribution in [-0.4, -0.2) is 31.0 Å². The summed E-state index contributed by atoms with van der Waals surface area (Å²) < 4.78 is 10.5. The molecule has 1 aromatic carbocycles. The molecule has 5 nitrogen and oxygen atoms in total. The van der Waals surface area contributed by atoms with E-state index in [1.54, 1.807) is 31.6 Å². The first-order valence-corrected chi connectivity index (χ1v) is 8.48. The van der Waals surface area contributed by atoms with Crippen LogP contribution in [0.5, 0.6) is 0 Å². The number of methoxy groups -OCH3 is 1. The Labute approximate surface area is 144 Å². The van der Waals surface area contributed by atoms with Gasteiger partial charge < -0.3 is 14.5 Å². The molecular formula is C18H18N2O3S. The summed E-state index contributed by atoms with van der Waals surface area (Å²) in [5.74, 6) is 0.542. The Morgan fingerprint density at radius 2 is 2.08 bits per heavy atom. The van der Waals surface area contributed by atoms with Crippen molar-refractivity contribution in [3.8, 4) is 11.5 Å². The second-order valence-electron chi connectivity index (χ2n) is 5.14. The molecule has 0 fully saturated rings. The van der Waals surface area contributed by atoms with Crippen LogP contribution in [0.3, 0.4) is 0 Å². The van der Waals surface area contributed by atoms with Gasteiger partial charge in [-0.25, -0.2) is 4.98 Å². The maximum absolute atomic E-state index is 12.8. The van der Waals surface area contributed by atoms with E-state index in [0.29, 0.717) is 33.6 Å². The first-order valence-electron chi connectivity index (χ1n) is 7.67. The molecule has 124 valence electrons. The van der Waals surface area contributed by atoms with Crippen LogP contribution in [0, 0.1) is 0 Å². The third kappa shape index (κ3) is 3.72. The van der Waals surface area contributed by atoms with Crippen molar-refractivity contribution < 1.29 is 13.9 Å². The van der Waals surface area contributed by atoms with Crippen LogP contribution in [-0.2, 0) is 4.74 Å². The average Bonchev–Trinajstić information content (AvgIpc) is 3.28. The molecule has 0 amide bonds. The fraction of sp³-hybridized carbons (Fsp3) is 0.222. The van der Waals surface area contributed by atoms with Crippen molar-refractivity contribution in [2.24, 2.45) is 0 Å². The number of hydrogen-bond donors (Lipinski definition) is 1. The zero-order chi connectivity index (χ0) is 16.8. The quantitative estimate of drug-likeness (QED) is 0.493. The monoisotopic (exact) mass is 342 g/mol. The molecule has 0 saturated carbocycles. The summed E-state index contributed by atoms with van der Waals surface area (Å²) in [5.41, 5.74) is 1.22. The number of carbonyl (C=O) groups is 1. The Morgan fingerprint density at radius 3 is 2.79 bits per heavy atom. The number of ketones is 1. The molecule has 0 bridgehead atoms. The number of hydrogen-bond acceptors (Lipinski definition) is 6. The molecule has 1 N–H and O–H groups in total. The van der Waals surface area contributed by atoms with Gasteiger partial charge in [-0.1, -0.05) is 41.7 Å². The molecule has 0 atom stereocenters. The molecular weight excluding hydrogens is 324 g/mol. The third-order valence-corrected chi connectivity index (χ3v) is 4.44. The van der Waals surface area contributed by atoms with E-state index in [-0.39, 0.29) is 5.78 Å². The van der Waals surface area contributed by atoms with Gasteiger partial charge in [0.05, 0.1) is 6.26 Å². The van der Waals surface area contributed by atoms with Crippen molar-refractivity contribution in [1.82, 2.24) is 4.98 Å². The lowest BCUT2D eigenvalue weighted by molar-refractivity contribution is 0.104. The summed E-state index contributed by atoms with van der Waals surface area (Å²) in [6.45, 7) is 1.41. The summed E-state index contributed by atoms with van der Waals surface area (Å²) in [6, 6.07) is 12.8. The van der Waals surface area contributed by atoms with Crippen molar-refractivity contribution in [3.63, 3.8) is 0 Å². The third-order valence-electron chi connectivity index (χ3n) is 3.43. The molecule has 0 unspecified atom stereocenters. The zero-order valence-electron chi connectivity index (χ0n) is 13.3. The van der Waals surface area contributed by atoms with Crippen LogP contribution in [0.25, 0.3) is 11.5 Å². The smallest absolute Gasteiger partial charge is 0.205 e. The lowest BCUT2D eigenvalue weighted by Crippen LogP contribution is -2.04. The first kappa shape index (κ1) is 16.4. The maximum atomic E-state index is 12.8. The van der Waals surface area contributed by atoms with E-state index >= 15 is 0 Å². The highest BCUT2D eigenvalue weighted by atomic mass is 32.1. The lowest BCUT2D eigenvalue weighted by Gasteiger charge is -2.00. The van der Waals surface area contributed by atoms with Gasteiger partial charge in [0, 0.05) is 25.8 Å². The van der Waals surface area contributed by atoms with Gasteiger partial charge in [0.1, 0.15) is 10.6 Å². The summed E-state index contributed by atoms with van der Waals surface area (Å²) in [5, 5.41) is 3.95. The number of thiazole rings is 1. The zero-order valence-corrected chi connectivity index (χ0v) is 14.1. The SMILES string of the molecule is COCCCNc1nc(-c2ccco2)c(C(=O)c2ccccc2)s1. The highest BCUT2D eigenvalue weighted by Gasteiger charge is 2.22. The van der Waals surface area contributed by atoms with Gasteiger partial charge in [-0.2, -0.15) is 0 Å². The number of carbonyl (C=O) groups excluding carboxylic acids is 1. The van der Waals surface area contributed by atoms with E-state index in [1.165, 1.54) is 11.3 Å². The fourth-order valence-electron chi connectivity index (χ4n) is 2.26. The number of nitrogens with zero attached hydrogens (tertiary/aromatic N) is 1. The van der Waals surface area contributed by atoms with Gasteiger partial charge >= 0.3 is 0 Å². The highest BCUT2D eigenvalue weighted by Crippen LogP contribution is 2.33. The topological polar surface area (TPSA) is 64.4 Å². The number of benzene rings is 1. The predicted molar refractivity (Wildman–Crippen MR) is 94.7 cm³/mol. The van der Waals surface area contributed by atoms with Crippen molar-refractivity contribution in [2.75, 3.05) is 25.6 Å². The van der Waals surface area contributed by atoms with E-state index in [4.69, 9.17) is 9.15 Å². The molecule has 2 aromatic heterocycles. The van der Waals surface area contributed by atoms with Gasteiger partial charge in [0.15, 0.2) is 10.9 Å². The van der Waals surface area contributed by atoms with E-state index in [1.807, 2.05) is 24.3 Å². The molecule has 0 aliphatic carbocycles. The number of ether oxygens (including phenoxy) is 1. The van der Waals surface area contributed by atoms with Gasteiger partial charge in [0.2, 0.25) is 5.78 Å². The molecule has 0 radical (unpaired) electrons. The van der Waals surface area contributed by atoms with Gasteiger partial charge in [-0.3, -0.25) is 4.79 Å². The molecule has 2 heterocycles. The van der Waals surface area contributed by atoms with Crippen LogP contribution in [0.1, 0.15) is 21.7 Å². The minimum absolute atomic E-state index is 0.0514. The molecule has 24 heavy (non-hydrogen) atoms. The van der Waals surface area contributed by atoms with Crippen molar-refractivity contribution in [1.29, 1.82) is 0 Å². The van der Waals surface area contributed by atoms with Gasteiger partial charge in [-0.15, -0.1) is 0 Å². The number of rotatable bonds is 8. The molecule has 6 heteroatoms. The maximum Gasteiger partial charge on any atom is 0.205 e. The Morgan fingerprint density at radius 1 is 1.25 bits per heavy atom. The van der Waals surface area contributed by atoms with Crippen molar-refractivity contribution >= 4 is 22.3 Å². The van der Waals surface area contributed by atoms with Crippen LogP contribution < -0.4 is 5.32 Å². The normalized spacial score (nSPS) is 10.7. The number of aromatic nitrogens is 1. The van der Waals surface area contributed by atoms with Crippen LogP contribution in [0.4, 0.5) is 5.13 Å². The Hall–Kier alpha value is -2.44. The number of anilines is 1. The van der Waals surface area contributed by atoms with Crippen molar-refractivity contribution in [2.45, 2.75) is 6.42 Å². The van der Waals surface area contributed by atoms with Crippen LogP contribution in [0.15, 0.2) is 53.1 Å². The second kappa shape index (κ2) is 7.90. The molecule has 3 rings (SSSR count). The summed E-state index contributed by atoms with van der Waals surface area (Å²) in [4.78, 5) is 18.0. The van der Waals surface area contributed by atoms with Gasteiger partial charge in [0.25, 0.3) is 0 Å². The predicted octanol–water partition coefficient (Wildman–Crippen LogP) is 4.08. The van der Waals surface area contributed by atoms with E-state index in [2.05, 4.69) is 10.3 Å². The van der Waals surface area contributed by atoms with Crippen LogP contribution in [0.2, 0.25) is 0 Å². The lowest BCUT2D eigenvalue weighted by atomic mass is 10.1. The molecule has 0 aliphatic heterocycles.